The summed E-state index contributed by atoms with van der Waals surface area (Å²) in [6.45, 7) is 0. The smallest absolute Gasteiger partial charge is 0.178 e. The van der Waals surface area contributed by atoms with Crippen molar-refractivity contribution >= 4 is 5.52 Å². The summed E-state index contributed by atoms with van der Waals surface area (Å²) in [6, 6.07) is 5.19. The Balaban J connectivity index is 2.93. The van der Waals surface area contributed by atoms with Gasteiger partial charge in [-0.2, -0.15) is 5.10 Å². The fourth-order valence-corrected chi connectivity index (χ4v) is 0.851. The minimum absolute atomic E-state index is 0.402. The second kappa shape index (κ2) is 1.80. The van der Waals surface area contributed by atoms with E-state index < -0.39 is 5.82 Å². The molecule has 0 aliphatic heterocycles. The van der Waals surface area contributed by atoms with Gasteiger partial charge in [-0.3, -0.25) is 0 Å². The summed E-state index contributed by atoms with van der Waals surface area (Å²) in [6.07, 6.45) is 3.90. The van der Waals surface area contributed by atoms with Crippen molar-refractivity contribution in [3.05, 3.63) is 36.4 Å². The van der Waals surface area contributed by atoms with Gasteiger partial charge in [-0.25, -0.2) is 8.91 Å². The van der Waals surface area contributed by atoms with Crippen molar-refractivity contribution in [3.63, 3.8) is 0 Å². The van der Waals surface area contributed by atoms with Crippen molar-refractivity contribution in [1.82, 2.24) is 9.61 Å². The lowest BCUT2D eigenvalue weighted by Gasteiger charge is -1.87. The Kier molecular flexibility index (Phi) is 0.974. The van der Waals surface area contributed by atoms with Crippen LogP contribution in [0.1, 0.15) is 0 Å². The molecule has 2 heterocycles. The van der Waals surface area contributed by atoms with Crippen LogP contribution < -0.4 is 0 Å². The van der Waals surface area contributed by atoms with Crippen LogP contribution in [-0.4, -0.2) is 9.61 Å². The van der Waals surface area contributed by atoms with Crippen LogP contribution in [0.5, 0.6) is 0 Å². The fraction of sp³-hybridized carbons (Fsp3) is 0. The molecule has 0 aliphatic carbocycles. The number of hydrogen-bond acceptors (Lipinski definition) is 1. The molecule has 2 aromatic rings. The lowest BCUT2D eigenvalue weighted by molar-refractivity contribution is 0.636. The van der Waals surface area contributed by atoms with Gasteiger partial charge in [-0.1, -0.05) is 6.07 Å². The highest BCUT2D eigenvalue weighted by Gasteiger charge is 1.99. The maximum Gasteiger partial charge on any atom is 0.178 e. The Morgan fingerprint density at radius 2 is 2.40 bits per heavy atom. The highest BCUT2D eigenvalue weighted by atomic mass is 19.1. The zero-order valence-electron chi connectivity index (χ0n) is 5.08. The lowest BCUT2D eigenvalue weighted by atomic mass is 10.4. The second-order valence-electron chi connectivity index (χ2n) is 1.96. The quantitative estimate of drug-likeness (QED) is 0.531. The van der Waals surface area contributed by atoms with Crippen molar-refractivity contribution in [1.29, 1.82) is 0 Å². The molecule has 49 valence electrons. The average Bonchev–Trinajstić information content (AvgIpc) is 2.34. The van der Waals surface area contributed by atoms with E-state index in [9.17, 15) is 4.39 Å². The van der Waals surface area contributed by atoms with Crippen LogP contribution in [0, 0.1) is 12.0 Å². The van der Waals surface area contributed by atoms with E-state index in [2.05, 4.69) is 11.3 Å². The third-order valence-electron chi connectivity index (χ3n) is 1.32. The van der Waals surface area contributed by atoms with Gasteiger partial charge in [0.2, 0.25) is 0 Å². The first-order valence-corrected chi connectivity index (χ1v) is 2.88. The molecule has 0 atom stereocenters. The van der Waals surface area contributed by atoms with E-state index in [1.54, 1.807) is 24.4 Å². The molecule has 0 bridgehead atoms. The van der Waals surface area contributed by atoms with Gasteiger partial charge in [-0.15, -0.1) is 0 Å². The Hall–Kier alpha value is -1.38. The fourth-order valence-electron chi connectivity index (χ4n) is 0.851. The highest BCUT2D eigenvalue weighted by Crippen LogP contribution is 2.05. The molecule has 0 aliphatic rings. The highest BCUT2D eigenvalue weighted by molar-refractivity contribution is 5.45. The maximum absolute atomic E-state index is 12.6. The first kappa shape index (κ1) is 5.41. The first-order chi connectivity index (χ1) is 4.88. The van der Waals surface area contributed by atoms with Gasteiger partial charge in [0.25, 0.3) is 0 Å². The standard InChI is InChI=1S/C7H4FN2/c8-6-5-9-10-4-2-1-3-7(6)10/h1-4H. The van der Waals surface area contributed by atoms with E-state index >= 15 is 0 Å². The summed E-state index contributed by atoms with van der Waals surface area (Å²) in [5, 5.41) is 3.63. The monoisotopic (exact) mass is 135 g/mol. The lowest BCUT2D eigenvalue weighted by Crippen LogP contribution is -1.82. The molecule has 2 rings (SSSR count). The minimum Gasteiger partial charge on any atom is -0.237 e. The minimum atomic E-state index is -0.402. The molecule has 0 aromatic carbocycles. The van der Waals surface area contributed by atoms with Crippen molar-refractivity contribution in [2.75, 3.05) is 0 Å². The molecular weight excluding hydrogens is 131 g/mol. The van der Waals surface area contributed by atoms with Crippen LogP contribution in [-0.2, 0) is 0 Å². The molecule has 10 heavy (non-hydrogen) atoms. The van der Waals surface area contributed by atoms with Crippen LogP contribution >= 0.6 is 0 Å². The van der Waals surface area contributed by atoms with Crippen molar-refractivity contribution in [2.45, 2.75) is 0 Å². The summed E-state index contributed by atoms with van der Waals surface area (Å²) in [5.41, 5.74) is 0.461. The van der Waals surface area contributed by atoms with Gasteiger partial charge >= 0.3 is 0 Å². The molecule has 2 aromatic heterocycles. The third-order valence-corrected chi connectivity index (χ3v) is 1.32. The van der Waals surface area contributed by atoms with Crippen molar-refractivity contribution in [3.8, 4) is 0 Å². The molecule has 3 heteroatoms. The average molecular weight is 135 g/mol. The number of hydrogen-bond donors (Lipinski definition) is 0. The van der Waals surface area contributed by atoms with Gasteiger partial charge in [0.1, 0.15) is 5.52 Å². The molecule has 0 unspecified atom stereocenters. The summed E-state index contributed by atoms with van der Waals surface area (Å²) in [4.78, 5) is 0. The van der Waals surface area contributed by atoms with E-state index in [1.807, 2.05) is 0 Å². The zero-order valence-corrected chi connectivity index (χ0v) is 5.08. The van der Waals surface area contributed by atoms with Crippen LogP contribution in [0.15, 0.2) is 24.4 Å². The molecule has 1 radical (unpaired) electrons. The van der Waals surface area contributed by atoms with Crippen LogP contribution in [0.25, 0.3) is 5.52 Å². The number of fused-ring (bicyclic) bond motifs is 1. The predicted molar refractivity (Wildman–Crippen MR) is 34.0 cm³/mol. The molecule has 0 spiro atoms. The van der Waals surface area contributed by atoms with E-state index in [1.165, 1.54) is 4.52 Å². The van der Waals surface area contributed by atoms with E-state index in [0.29, 0.717) is 5.52 Å². The largest absolute Gasteiger partial charge is 0.237 e. The number of nitrogens with zero attached hydrogens (tertiary/aromatic N) is 2. The second-order valence-corrected chi connectivity index (χ2v) is 1.96. The SMILES string of the molecule is Fc1[c]nn2ccccc12. The Morgan fingerprint density at radius 1 is 1.50 bits per heavy atom. The first-order valence-electron chi connectivity index (χ1n) is 2.88. The molecule has 0 N–H and O–H groups in total. The molecule has 0 fully saturated rings. The van der Waals surface area contributed by atoms with Crippen LogP contribution in [0.3, 0.4) is 0 Å². The maximum atomic E-state index is 12.6. The van der Waals surface area contributed by atoms with Gasteiger partial charge in [0, 0.05) is 6.20 Å². The zero-order chi connectivity index (χ0) is 6.97. The number of halogens is 1. The topological polar surface area (TPSA) is 17.3 Å². The van der Waals surface area contributed by atoms with Crippen LogP contribution in [0.4, 0.5) is 4.39 Å². The summed E-state index contributed by atoms with van der Waals surface area (Å²) >= 11 is 0. The van der Waals surface area contributed by atoms with Crippen molar-refractivity contribution < 1.29 is 4.39 Å². The van der Waals surface area contributed by atoms with E-state index in [0.717, 1.165) is 0 Å². The Morgan fingerprint density at radius 3 is 3.20 bits per heavy atom. The molecule has 0 saturated carbocycles. The predicted octanol–water partition coefficient (Wildman–Crippen LogP) is 1.27. The number of pyridine rings is 1. The van der Waals surface area contributed by atoms with Gasteiger partial charge in [0.05, 0.1) is 0 Å². The molecule has 2 nitrogen and oxygen atoms in total. The van der Waals surface area contributed by atoms with Gasteiger partial charge in [0.15, 0.2) is 12.0 Å². The Labute approximate surface area is 56.9 Å². The van der Waals surface area contributed by atoms with E-state index in [4.69, 9.17) is 0 Å². The summed E-state index contributed by atoms with van der Waals surface area (Å²) in [5.74, 6) is -0.402. The summed E-state index contributed by atoms with van der Waals surface area (Å²) < 4.78 is 14.0. The normalized spacial score (nSPS) is 10.5. The molecule has 0 saturated heterocycles. The Bertz CT molecular complexity index is 353. The molecular formula is C7H4FN2. The van der Waals surface area contributed by atoms with Gasteiger partial charge < -0.3 is 0 Å². The van der Waals surface area contributed by atoms with Gasteiger partial charge in [-0.05, 0) is 12.1 Å². The van der Waals surface area contributed by atoms with E-state index in [-0.39, 0.29) is 0 Å². The third kappa shape index (κ3) is 0.603. The number of rotatable bonds is 0. The van der Waals surface area contributed by atoms with Crippen LogP contribution in [0.2, 0.25) is 0 Å². The number of aromatic nitrogens is 2. The summed E-state index contributed by atoms with van der Waals surface area (Å²) in [7, 11) is 0. The van der Waals surface area contributed by atoms with Crippen molar-refractivity contribution in [2.24, 2.45) is 0 Å². The molecule has 0 amide bonds.